The topological polar surface area (TPSA) is 47.9 Å². The maximum atomic E-state index is 6.82. The van der Waals surface area contributed by atoms with Crippen molar-refractivity contribution in [3.05, 3.63) is 176 Å². The van der Waals surface area contributed by atoms with Gasteiger partial charge >= 0.3 is 0 Å². The van der Waals surface area contributed by atoms with E-state index in [-0.39, 0.29) is 0 Å². The Labute approximate surface area is 305 Å². The molecule has 9 aromatic carbocycles. The van der Waals surface area contributed by atoms with E-state index in [9.17, 15) is 0 Å². The third-order valence-corrected chi connectivity index (χ3v) is 10.5. The molecular formula is C49H29N3O. The van der Waals surface area contributed by atoms with Crippen molar-refractivity contribution in [3.63, 3.8) is 0 Å². The minimum atomic E-state index is 0.566. The molecule has 53 heavy (non-hydrogen) atoms. The molecule has 0 atom stereocenters. The minimum absolute atomic E-state index is 0.566. The van der Waals surface area contributed by atoms with Crippen LogP contribution in [0.2, 0.25) is 0 Å². The van der Waals surface area contributed by atoms with Gasteiger partial charge in [0.05, 0.1) is 5.56 Å². The summed E-state index contributed by atoms with van der Waals surface area (Å²) in [7, 11) is 0. The minimum Gasteiger partial charge on any atom is -0.455 e. The lowest BCUT2D eigenvalue weighted by Gasteiger charge is -2.22. The molecule has 0 radical (unpaired) electrons. The van der Waals surface area contributed by atoms with Gasteiger partial charge in [-0.25, -0.2) is 15.0 Å². The van der Waals surface area contributed by atoms with Crippen molar-refractivity contribution in [1.82, 2.24) is 15.0 Å². The molecule has 0 spiro atoms. The molecule has 0 unspecified atom stereocenters. The summed E-state index contributed by atoms with van der Waals surface area (Å²) in [5.74, 6) is 3.39. The number of aromatic nitrogens is 3. The number of ether oxygens (including phenoxy) is 1. The van der Waals surface area contributed by atoms with Gasteiger partial charge in [-0.3, -0.25) is 0 Å². The van der Waals surface area contributed by atoms with Crippen molar-refractivity contribution in [2.75, 3.05) is 0 Å². The van der Waals surface area contributed by atoms with E-state index in [1.807, 2.05) is 6.07 Å². The van der Waals surface area contributed by atoms with Crippen molar-refractivity contribution in [2.45, 2.75) is 0 Å². The Morgan fingerprint density at radius 2 is 0.792 bits per heavy atom. The molecule has 0 aliphatic carbocycles. The summed E-state index contributed by atoms with van der Waals surface area (Å²) in [5, 5.41) is 9.34. The van der Waals surface area contributed by atoms with Crippen molar-refractivity contribution in [3.8, 4) is 67.9 Å². The summed E-state index contributed by atoms with van der Waals surface area (Å²) >= 11 is 0. The first-order valence-corrected chi connectivity index (χ1v) is 17.8. The van der Waals surface area contributed by atoms with Crippen LogP contribution in [0.1, 0.15) is 0 Å². The summed E-state index contributed by atoms with van der Waals surface area (Å²) < 4.78 is 6.82. The van der Waals surface area contributed by atoms with Crippen LogP contribution >= 0.6 is 0 Å². The highest BCUT2D eigenvalue weighted by molar-refractivity contribution is 6.26. The molecule has 4 heteroatoms. The number of benzene rings is 9. The SMILES string of the molecule is c1ccc(-c2ccc(-c3nc(-c4ccc(-c5ccc6ccccc6c5)cc4)nc(-c4ccc5ccc6ccc7cccc8c7c6c5c4O8)n3)cc2)cc1. The number of rotatable bonds is 5. The first-order chi connectivity index (χ1) is 26.2. The number of hydrogen-bond acceptors (Lipinski definition) is 4. The molecule has 0 bridgehead atoms. The first-order valence-electron chi connectivity index (χ1n) is 17.8. The van der Waals surface area contributed by atoms with E-state index in [1.54, 1.807) is 0 Å². The molecule has 0 amide bonds. The summed E-state index contributed by atoms with van der Waals surface area (Å²) in [5.41, 5.74) is 7.25. The van der Waals surface area contributed by atoms with Gasteiger partial charge in [0.1, 0.15) is 11.5 Å². The highest BCUT2D eigenvalue weighted by atomic mass is 16.5. The largest absolute Gasteiger partial charge is 0.455 e. The van der Waals surface area contributed by atoms with Crippen LogP contribution in [-0.4, -0.2) is 15.0 Å². The molecule has 0 saturated carbocycles. The predicted molar refractivity (Wildman–Crippen MR) is 217 cm³/mol. The molecular weight excluding hydrogens is 647 g/mol. The van der Waals surface area contributed by atoms with Crippen molar-refractivity contribution >= 4 is 43.1 Å². The normalized spacial score (nSPS) is 11.9. The number of nitrogens with zero attached hydrogens (tertiary/aromatic N) is 3. The number of hydrogen-bond donors (Lipinski definition) is 0. The lowest BCUT2D eigenvalue weighted by atomic mass is 9.92. The second-order valence-corrected chi connectivity index (χ2v) is 13.6. The van der Waals surface area contributed by atoms with Gasteiger partial charge in [-0.15, -0.1) is 0 Å². The Bertz CT molecular complexity index is 3060. The van der Waals surface area contributed by atoms with Gasteiger partial charge in [-0.05, 0) is 67.4 Å². The molecule has 4 nitrogen and oxygen atoms in total. The zero-order valence-corrected chi connectivity index (χ0v) is 28.5. The second-order valence-electron chi connectivity index (χ2n) is 13.6. The smallest absolute Gasteiger partial charge is 0.167 e. The van der Waals surface area contributed by atoms with Gasteiger partial charge in [0.25, 0.3) is 0 Å². The average Bonchev–Trinajstić information content (AvgIpc) is 3.23. The van der Waals surface area contributed by atoms with Crippen molar-refractivity contribution < 1.29 is 4.74 Å². The van der Waals surface area contributed by atoms with Crippen LogP contribution in [0.3, 0.4) is 0 Å². The highest BCUT2D eigenvalue weighted by Crippen LogP contribution is 2.50. The lowest BCUT2D eigenvalue weighted by molar-refractivity contribution is 0.494. The van der Waals surface area contributed by atoms with Gasteiger partial charge < -0.3 is 4.74 Å². The molecule has 0 saturated heterocycles. The fourth-order valence-electron chi connectivity index (χ4n) is 7.80. The van der Waals surface area contributed by atoms with Gasteiger partial charge in [0.2, 0.25) is 0 Å². The van der Waals surface area contributed by atoms with Gasteiger partial charge in [0.15, 0.2) is 17.5 Å². The van der Waals surface area contributed by atoms with E-state index in [2.05, 4.69) is 170 Å². The zero-order chi connectivity index (χ0) is 34.9. The fraction of sp³-hybridized carbons (Fsp3) is 0. The molecule has 246 valence electrons. The molecule has 0 N–H and O–H groups in total. The second kappa shape index (κ2) is 11.7. The maximum absolute atomic E-state index is 6.82. The molecule has 1 aromatic heterocycles. The molecule has 1 aliphatic heterocycles. The van der Waals surface area contributed by atoms with Gasteiger partial charge in [-0.2, -0.15) is 0 Å². The van der Waals surface area contributed by atoms with Crippen molar-refractivity contribution in [1.29, 1.82) is 0 Å². The lowest BCUT2D eigenvalue weighted by Crippen LogP contribution is -2.03. The molecule has 10 aromatic rings. The fourth-order valence-corrected chi connectivity index (χ4v) is 7.80. The molecule has 1 aliphatic rings. The van der Waals surface area contributed by atoms with Crippen LogP contribution in [0.15, 0.2) is 176 Å². The van der Waals surface area contributed by atoms with Crippen LogP contribution in [0, 0.1) is 0 Å². The van der Waals surface area contributed by atoms with Crippen LogP contribution in [-0.2, 0) is 0 Å². The Morgan fingerprint density at radius 1 is 0.302 bits per heavy atom. The molecule has 11 rings (SSSR count). The Hall–Kier alpha value is -7.17. The van der Waals surface area contributed by atoms with Gasteiger partial charge in [0, 0.05) is 27.3 Å². The standard InChI is InChI=1S/C49H29N3O/c1-2-7-30(8-3-1)32-13-22-37(23-14-32)47-50-48(38-24-15-33(16-25-38)40-26-17-31-9-4-5-10-39(31)29-40)52-49(51-47)41-28-27-36-21-20-35-19-18-34-11-6-12-42-43(34)44(35)45(36)46(41)53-42/h1-29H. The Balaban J connectivity index is 1.08. The number of fused-ring (bicyclic) bond motifs is 1. The molecule has 0 fully saturated rings. The highest BCUT2D eigenvalue weighted by Gasteiger charge is 2.24. The van der Waals surface area contributed by atoms with Crippen LogP contribution in [0.4, 0.5) is 0 Å². The summed E-state index contributed by atoms with van der Waals surface area (Å²) in [4.78, 5) is 15.4. The zero-order valence-electron chi connectivity index (χ0n) is 28.5. The summed E-state index contributed by atoms with van der Waals surface area (Å²) in [6.07, 6.45) is 0. The van der Waals surface area contributed by atoms with E-state index < -0.39 is 0 Å². The third kappa shape index (κ3) is 4.88. The Morgan fingerprint density at radius 3 is 1.51 bits per heavy atom. The van der Waals surface area contributed by atoms with E-state index in [0.717, 1.165) is 66.4 Å². The first kappa shape index (κ1) is 29.5. The Kier molecular flexibility index (Phi) is 6.52. The van der Waals surface area contributed by atoms with Crippen LogP contribution in [0.25, 0.3) is 99.5 Å². The van der Waals surface area contributed by atoms with Crippen LogP contribution in [0.5, 0.6) is 11.5 Å². The van der Waals surface area contributed by atoms with E-state index in [0.29, 0.717) is 17.5 Å². The van der Waals surface area contributed by atoms with Crippen LogP contribution < -0.4 is 4.74 Å². The summed E-state index contributed by atoms with van der Waals surface area (Å²) in [6, 6.07) is 61.6. The summed E-state index contributed by atoms with van der Waals surface area (Å²) in [6.45, 7) is 0. The third-order valence-electron chi connectivity index (χ3n) is 10.5. The van der Waals surface area contributed by atoms with E-state index >= 15 is 0 Å². The average molecular weight is 676 g/mol. The van der Waals surface area contributed by atoms with Gasteiger partial charge in [-0.1, -0.05) is 158 Å². The predicted octanol–water partition coefficient (Wildman–Crippen LogP) is 12.9. The van der Waals surface area contributed by atoms with Crippen molar-refractivity contribution in [2.24, 2.45) is 0 Å². The van der Waals surface area contributed by atoms with E-state index in [4.69, 9.17) is 19.7 Å². The molecule has 2 heterocycles. The maximum Gasteiger partial charge on any atom is 0.167 e. The van der Waals surface area contributed by atoms with E-state index in [1.165, 1.54) is 27.1 Å². The quantitative estimate of drug-likeness (QED) is 0.170. The monoisotopic (exact) mass is 675 g/mol.